The molecule has 1 unspecified atom stereocenters. The number of rotatable bonds is 4. The Balaban J connectivity index is 0.00000112. The van der Waals surface area contributed by atoms with Crippen LogP contribution in [-0.4, -0.2) is 8.07 Å². The second-order valence-electron chi connectivity index (χ2n) is 8.25. The molecule has 0 saturated carbocycles. The molecule has 5 rings (SSSR count). The summed E-state index contributed by atoms with van der Waals surface area (Å²) in [6.45, 7) is 2.40. The van der Waals surface area contributed by atoms with Gasteiger partial charge in [-0.15, -0.1) is 0 Å². The Labute approximate surface area is 197 Å². The van der Waals surface area contributed by atoms with Gasteiger partial charge in [-0.25, -0.2) is 0 Å². The van der Waals surface area contributed by atoms with Crippen LogP contribution in [0.2, 0.25) is 18.1 Å². The standard InChI is InChI=1S/C24H25Si.2ClH.Zr/c1-2-15-25(16-8-17-25)24-22-12-6-5-11-20(22)21-14-7-13-19(23(21)24)18-9-3-4-10-18;;;/h3,5-7,9,11-14,24H,2,4,8,15-17H2,1H3;2*1H;/q;;;+2/p-2. The van der Waals surface area contributed by atoms with Gasteiger partial charge in [0.1, 0.15) is 0 Å². The van der Waals surface area contributed by atoms with Crippen LogP contribution in [0, 0.1) is 0 Å². The van der Waals surface area contributed by atoms with Crippen molar-refractivity contribution in [2.45, 2.75) is 49.9 Å². The summed E-state index contributed by atoms with van der Waals surface area (Å²) in [5, 5.41) is 0. The second kappa shape index (κ2) is 8.76. The van der Waals surface area contributed by atoms with E-state index in [0.717, 1.165) is 12.0 Å². The van der Waals surface area contributed by atoms with Gasteiger partial charge in [0.2, 0.25) is 0 Å². The van der Waals surface area contributed by atoms with Crippen LogP contribution < -0.4 is 24.8 Å². The third-order valence-electron chi connectivity index (χ3n) is 6.89. The summed E-state index contributed by atoms with van der Waals surface area (Å²) in [5.74, 6) is 0. The molecule has 2 aromatic rings. The summed E-state index contributed by atoms with van der Waals surface area (Å²) in [6, 6.07) is 21.0. The predicted octanol–water partition coefficient (Wildman–Crippen LogP) is 0.826. The van der Waals surface area contributed by atoms with E-state index in [9.17, 15) is 0 Å². The Morgan fingerprint density at radius 3 is 2.32 bits per heavy atom. The molecule has 0 amide bonds. The molecule has 0 aromatic heterocycles. The van der Waals surface area contributed by atoms with Crippen LogP contribution >= 0.6 is 0 Å². The van der Waals surface area contributed by atoms with Crippen molar-refractivity contribution in [3.05, 3.63) is 74.6 Å². The fraction of sp³-hybridized carbons (Fsp3) is 0.333. The van der Waals surface area contributed by atoms with E-state index >= 15 is 0 Å². The van der Waals surface area contributed by atoms with E-state index in [4.69, 9.17) is 0 Å². The second-order valence-corrected chi connectivity index (χ2v) is 14.5. The topological polar surface area (TPSA) is 0 Å². The van der Waals surface area contributed by atoms with E-state index < -0.39 is 8.07 Å². The van der Waals surface area contributed by atoms with Gasteiger partial charge in [0.25, 0.3) is 0 Å². The summed E-state index contributed by atoms with van der Waals surface area (Å²) in [7, 11) is -1.26. The fourth-order valence-electron chi connectivity index (χ4n) is 5.70. The van der Waals surface area contributed by atoms with Gasteiger partial charge in [0, 0.05) is 0 Å². The largest absolute Gasteiger partial charge is 1.00 e. The number of benzene rings is 2. The molecule has 0 nitrogen and oxygen atoms in total. The van der Waals surface area contributed by atoms with Crippen molar-refractivity contribution in [3.8, 4) is 11.1 Å². The molecule has 1 atom stereocenters. The minimum Gasteiger partial charge on any atom is -1.00 e. The first-order valence-electron chi connectivity index (χ1n) is 10.1. The number of halogens is 2. The molecule has 1 fully saturated rings. The van der Waals surface area contributed by atoms with Crippen LogP contribution in [0.3, 0.4) is 0 Å². The zero-order valence-corrected chi connectivity index (χ0v) is 21.2. The van der Waals surface area contributed by atoms with E-state index in [0.29, 0.717) is 0 Å². The Morgan fingerprint density at radius 2 is 1.68 bits per heavy atom. The minimum atomic E-state index is -1.26. The SMILES string of the molecule is CCC[Si]1(C2c3ccccc3-c3cccc(C4=[C]([Zr+2])CC=C4)c32)CCC1.[Cl-].[Cl-]. The molecule has 0 radical (unpaired) electrons. The first-order chi connectivity index (χ1) is 12.7. The minimum absolute atomic E-state index is 0. The normalized spacial score (nSPS) is 20.8. The molecule has 2 aliphatic carbocycles. The van der Waals surface area contributed by atoms with E-state index in [2.05, 4.69) is 61.5 Å². The first kappa shape index (κ1) is 22.3. The zero-order valence-electron chi connectivity index (χ0n) is 16.3. The van der Waals surface area contributed by atoms with E-state index in [1.807, 2.05) is 0 Å². The van der Waals surface area contributed by atoms with Crippen molar-refractivity contribution in [1.29, 1.82) is 0 Å². The quantitative estimate of drug-likeness (QED) is 0.543. The van der Waals surface area contributed by atoms with Gasteiger partial charge in [0.15, 0.2) is 0 Å². The summed E-state index contributed by atoms with van der Waals surface area (Å²) >= 11 is 1.58. The molecule has 0 N–H and O–H groups in total. The van der Waals surface area contributed by atoms with Gasteiger partial charge in [-0.2, -0.15) is 0 Å². The third-order valence-corrected chi connectivity index (χ3v) is 14.1. The third kappa shape index (κ3) is 3.29. The smallest absolute Gasteiger partial charge is 1.00 e. The molecule has 3 aliphatic rings. The Kier molecular flexibility index (Phi) is 6.98. The molecule has 1 heterocycles. The Morgan fingerprint density at radius 1 is 0.964 bits per heavy atom. The summed E-state index contributed by atoms with van der Waals surface area (Å²) in [6.07, 6.45) is 8.74. The van der Waals surface area contributed by atoms with Gasteiger partial charge in [0.05, 0.1) is 0 Å². The fourth-order valence-corrected chi connectivity index (χ4v) is 12.0. The average Bonchev–Trinajstić information content (AvgIpc) is 3.20. The molecule has 1 aliphatic heterocycles. The van der Waals surface area contributed by atoms with Crippen molar-refractivity contribution in [2.24, 2.45) is 0 Å². The Bertz CT molecular complexity index is 943. The van der Waals surface area contributed by atoms with Crippen LogP contribution in [0.15, 0.2) is 57.9 Å². The van der Waals surface area contributed by atoms with Crippen molar-refractivity contribution in [1.82, 2.24) is 0 Å². The molecule has 4 heteroatoms. The Hall–Kier alpha value is -0.400. The van der Waals surface area contributed by atoms with Gasteiger partial charge >= 0.3 is 174 Å². The number of allylic oxidation sites excluding steroid dienone is 4. The van der Waals surface area contributed by atoms with Crippen LogP contribution in [0.1, 0.15) is 48.4 Å². The van der Waals surface area contributed by atoms with Crippen molar-refractivity contribution in [3.63, 3.8) is 0 Å². The maximum atomic E-state index is 2.45. The summed E-state index contributed by atoms with van der Waals surface area (Å²) in [5.41, 5.74) is 10.2. The van der Waals surface area contributed by atoms with Gasteiger partial charge < -0.3 is 24.8 Å². The van der Waals surface area contributed by atoms with E-state index in [-0.39, 0.29) is 24.8 Å². The molecular formula is C24H25Cl2SiZr. The molecule has 0 spiro atoms. The maximum Gasteiger partial charge on any atom is -1.00 e. The van der Waals surface area contributed by atoms with Crippen LogP contribution in [0.25, 0.3) is 16.7 Å². The van der Waals surface area contributed by atoms with Crippen LogP contribution in [0.4, 0.5) is 0 Å². The van der Waals surface area contributed by atoms with Gasteiger partial charge in [-0.3, -0.25) is 0 Å². The molecule has 0 bridgehead atoms. The predicted molar refractivity (Wildman–Crippen MR) is 109 cm³/mol. The molecule has 143 valence electrons. The van der Waals surface area contributed by atoms with Gasteiger partial charge in [-0.05, 0) is 0 Å². The van der Waals surface area contributed by atoms with Crippen molar-refractivity contribution >= 4 is 13.6 Å². The molecule has 2 aromatic carbocycles. The molecular weight excluding hydrogens is 478 g/mol. The first-order valence-corrected chi connectivity index (χ1v) is 14.0. The molecule has 1 saturated heterocycles. The van der Waals surface area contributed by atoms with Crippen molar-refractivity contribution < 1.29 is 49.5 Å². The van der Waals surface area contributed by atoms with Gasteiger partial charge in [-0.1, -0.05) is 0 Å². The summed E-state index contributed by atoms with van der Waals surface area (Å²) in [4.78, 5) is 0. The van der Waals surface area contributed by atoms with E-state index in [1.165, 1.54) is 47.7 Å². The van der Waals surface area contributed by atoms with Crippen LogP contribution in [-0.2, 0) is 24.7 Å². The maximum absolute atomic E-state index is 2.45. The average molecular weight is 504 g/mol. The number of hydrogen-bond donors (Lipinski definition) is 0. The number of hydrogen-bond acceptors (Lipinski definition) is 0. The van der Waals surface area contributed by atoms with E-state index in [1.54, 1.807) is 44.7 Å². The van der Waals surface area contributed by atoms with Crippen LogP contribution in [0.5, 0.6) is 0 Å². The molecule has 28 heavy (non-hydrogen) atoms. The monoisotopic (exact) mass is 501 g/mol. The summed E-state index contributed by atoms with van der Waals surface area (Å²) < 4.78 is 1.63. The number of fused-ring (bicyclic) bond motifs is 3. The van der Waals surface area contributed by atoms with Crippen molar-refractivity contribution in [2.75, 3.05) is 0 Å². The zero-order chi connectivity index (χ0) is 17.7.